The molecule has 0 bridgehead atoms. The molecule has 2 rings (SSSR count). The summed E-state index contributed by atoms with van der Waals surface area (Å²) in [7, 11) is 1.51. The van der Waals surface area contributed by atoms with E-state index in [0.717, 1.165) is 9.75 Å². The van der Waals surface area contributed by atoms with Crippen LogP contribution in [0.25, 0.3) is 16.5 Å². The van der Waals surface area contributed by atoms with Gasteiger partial charge in [0.2, 0.25) is 5.91 Å². The molecule has 0 aliphatic heterocycles. The molecule has 0 aliphatic rings. The molecule has 2 aromatic rings. The lowest BCUT2D eigenvalue weighted by Gasteiger charge is -2.08. The lowest BCUT2D eigenvalue weighted by Crippen LogP contribution is -2.33. The van der Waals surface area contributed by atoms with Gasteiger partial charge in [-0.25, -0.2) is 0 Å². The van der Waals surface area contributed by atoms with Crippen molar-refractivity contribution >= 4 is 23.3 Å². The molecule has 0 saturated heterocycles. The molecule has 1 amide bonds. The van der Waals surface area contributed by atoms with Crippen molar-refractivity contribution in [1.29, 1.82) is 0 Å². The predicted molar refractivity (Wildman–Crippen MR) is 89.7 cm³/mol. The molecule has 0 aliphatic carbocycles. The summed E-state index contributed by atoms with van der Waals surface area (Å²) in [6, 6.07) is 14.1. The number of aliphatic hydroxyl groups is 1. The lowest BCUT2D eigenvalue weighted by atomic mass is 10.2. The van der Waals surface area contributed by atoms with Gasteiger partial charge in [-0.1, -0.05) is 30.3 Å². The van der Waals surface area contributed by atoms with Crippen LogP contribution in [0.5, 0.6) is 0 Å². The molecular formula is C17H19NO3S. The van der Waals surface area contributed by atoms with Crippen molar-refractivity contribution in [1.82, 2.24) is 5.32 Å². The van der Waals surface area contributed by atoms with Gasteiger partial charge in [0.15, 0.2) is 0 Å². The van der Waals surface area contributed by atoms with Crippen LogP contribution >= 0.6 is 11.3 Å². The third-order valence-corrected chi connectivity index (χ3v) is 4.05. The number of thiophene rings is 1. The van der Waals surface area contributed by atoms with E-state index < -0.39 is 6.10 Å². The fourth-order valence-electron chi connectivity index (χ4n) is 1.89. The van der Waals surface area contributed by atoms with Crippen molar-refractivity contribution in [2.24, 2.45) is 0 Å². The second-order valence-corrected chi connectivity index (χ2v) is 5.87. The van der Waals surface area contributed by atoms with Crippen LogP contribution in [-0.4, -0.2) is 37.4 Å². The maximum atomic E-state index is 11.7. The smallest absolute Gasteiger partial charge is 0.244 e. The number of hydrogen-bond donors (Lipinski definition) is 2. The van der Waals surface area contributed by atoms with Crippen LogP contribution in [0, 0.1) is 0 Å². The summed E-state index contributed by atoms with van der Waals surface area (Å²) in [5.41, 5.74) is 1.17. The second-order valence-electron chi connectivity index (χ2n) is 4.76. The van der Waals surface area contributed by atoms with Gasteiger partial charge in [0.05, 0.1) is 12.7 Å². The number of benzene rings is 1. The van der Waals surface area contributed by atoms with E-state index in [-0.39, 0.29) is 19.1 Å². The number of methoxy groups -OCH3 is 1. The number of ether oxygens (including phenoxy) is 1. The molecule has 5 heteroatoms. The molecule has 0 radical (unpaired) electrons. The second kappa shape index (κ2) is 8.48. The maximum absolute atomic E-state index is 11.7. The van der Waals surface area contributed by atoms with Crippen LogP contribution in [0.1, 0.15) is 4.88 Å². The minimum absolute atomic E-state index is 0.177. The molecule has 0 fully saturated rings. The fourth-order valence-corrected chi connectivity index (χ4v) is 2.80. The molecule has 1 aromatic carbocycles. The van der Waals surface area contributed by atoms with Crippen molar-refractivity contribution < 1.29 is 14.6 Å². The van der Waals surface area contributed by atoms with Crippen molar-refractivity contribution in [3.63, 3.8) is 0 Å². The first kappa shape index (κ1) is 16.4. The first-order valence-electron chi connectivity index (χ1n) is 6.97. The zero-order chi connectivity index (χ0) is 15.8. The van der Waals surface area contributed by atoms with Gasteiger partial charge in [-0.2, -0.15) is 0 Å². The Balaban J connectivity index is 1.88. The Hall–Kier alpha value is -1.95. The number of carbonyl (C=O) groups excluding carboxylic acids is 1. The largest absolute Gasteiger partial charge is 0.389 e. The Morgan fingerprint density at radius 1 is 1.32 bits per heavy atom. The summed E-state index contributed by atoms with van der Waals surface area (Å²) >= 11 is 1.62. The van der Waals surface area contributed by atoms with Gasteiger partial charge in [0, 0.05) is 29.5 Å². The highest BCUT2D eigenvalue weighted by Gasteiger charge is 2.05. The topological polar surface area (TPSA) is 58.6 Å². The number of carbonyl (C=O) groups is 1. The van der Waals surface area contributed by atoms with Gasteiger partial charge < -0.3 is 15.2 Å². The van der Waals surface area contributed by atoms with E-state index in [1.165, 1.54) is 18.7 Å². The molecule has 1 unspecified atom stereocenters. The lowest BCUT2D eigenvalue weighted by molar-refractivity contribution is -0.117. The Morgan fingerprint density at radius 2 is 2.09 bits per heavy atom. The highest BCUT2D eigenvalue weighted by atomic mass is 32.1. The molecule has 1 heterocycles. The molecule has 1 aromatic heterocycles. The first-order valence-corrected chi connectivity index (χ1v) is 7.79. The molecule has 0 spiro atoms. The van der Waals surface area contributed by atoms with Gasteiger partial charge in [-0.05, 0) is 23.8 Å². The Bertz CT molecular complexity index is 622. The van der Waals surface area contributed by atoms with Crippen LogP contribution < -0.4 is 5.32 Å². The first-order chi connectivity index (χ1) is 10.7. The normalized spacial score (nSPS) is 12.5. The number of nitrogens with one attached hydrogen (secondary N) is 1. The van der Waals surface area contributed by atoms with Gasteiger partial charge in [0.1, 0.15) is 0 Å². The molecule has 22 heavy (non-hydrogen) atoms. The van der Waals surface area contributed by atoms with E-state index in [1.807, 2.05) is 30.3 Å². The minimum atomic E-state index is -0.686. The summed E-state index contributed by atoms with van der Waals surface area (Å²) in [6.45, 7) is 0.381. The van der Waals surface area contributed by atoms with Crippen molar-refractivity contribution in [2.45, 2.75) is 6.10 Å². The minimum Gasteiger partial charge on any atom is -0.389 e. The maximum Gasteiger partial charge on any atom is 0.244 e. The van der Waals surface area contributed by atoms with Gasteiger partial charge in [0.25, 0.3) is 0 Å². The Kier molecular flexibility index (Phi) is 6.33. The van der Waals surface area contributed by atoms with Crippen LogP contribution in [0.3, 0.4) is 0 Å². The van der Waals surface area contributed by atoms with E-state index in [2.05, 4.69) is 17.4 Å². The quantitative estimate of drug-likeness (QED) is 0.772. The van der Waals surface area contributed by atoms with Crippen molar-refractivity contribution in [3.05, 3.63) is 53.4 Å². The Morgan fingerprint density at radius 3 is 2.82 bits per heavy atom. The van der Waals surface area contributed by atoms with Crippen LogP contribution in [0.15, 0.2) is 48.5 Å². The average Bonchev–Trinajstić information content (AvgIpc) is 3.01. The summed E-state index contributed by atoms with van der Waals surface area (Å²) in [4.78, 5) is 13.8. The summed E-state index contributed by atoms with van der Waals surface area (Å²) in [5, 5.41) is 12.1. The summed E-state index contributed by atoms with van der Waals surface area (Å²) in [6.07, 6.45) is 2.56. The van der Waals surface area contributed by atoms with Crippen molar-refractivity contribution in [2.75, 3.05) is 20.3 Å². The van der Waals surface area contributed by atoms with E-state index >= 15 is 0 Å². The van der Waals surface area contributed by atoms with Crippen molar-refractivity contribution in [3.8, 4) is 10.4 Å². The fraction of sp³-hybridized carbons (Fsp3) is 0.235. The third kappa shape index (κ3) is 5.11. The molecule has 0 saturated carbocycles. The average molecular weight is 317 g/mol. The predicted octanol–water partition coefficient (Wildman–Crippen LogP) is 2.55. The van der Waals surface area contributed by atoms with E-state index in [9.17, 15) is 9.90 Å². The number of aliphatic hydroxyl groups excluding tert-OH is 1. The zero-order valence-corrected chi connectivity index (χ0v) is 13.2. The van der Waals surface area contributed by atoms with Gasteiger partial charge in [-0.15, -0.1) is 11.3 Å². The van der Waals surface area contributed by atoms with Crippen LogP contribution in [-0.2, 0) is 9.53 Å². The Labute approximate surface area is 134 Å². The van der Waals surface area contributed by atoms with Crippen LogP contribution in [0.2, 0.25) is 0 Å². The molecule has 1 atom stereocenters. The molecule has 2 N–H and O–H groups in total. The zero-order valence-electron chi connectivity index (χ0n) is 12.4. The summed E-state index contributed by atoms with van der Waals surface area (Å²) in [5.74, 6) is -0.232. The van der Waals surface area contributed by atoms with Crippen LogP contribution in [0.4, 0.5) is 0 Å². The molecule has 116 valence electrons. The highest BCUT2D eigenvalue weighted by Crippen LogP contribution is 2.28. The van der Waals surface area contributed by atoms with E-state index in [0.29, 0.717) is 0 Å². The van der Waals surface area contributed by atoms with E-state index in [4.69, 9.17) is 4.74 Å². The SMILES string of the molecule is COCC(O)CNC(=O)/C=C/c1ccc(-c2ccccc2)s1. The molecular weight excluding hydrogens is 298 g/mol. The number of hydrogen-bond acceptors (Lipinski definition) is 4. The number of amides is 1. The van der Waals surface area contributed by atoms with Gasteiger partial charge >= 0.3 is 0 Å². The van der Waals surface area contributed by atoms with Gasteiger partial charge in [-0.3, -0.25) is 4.79 Å². The highest BCUT2D eigenvalue weighted by molar-refractivity contribution is 7.16. The monoisotopic (exact) mass is 317 g/mol. The number of rotatable bonds is 7. The third-order valence-electron chi connectivity index (χ3n) is 2.96. The van der Waals surface area contributed by atoms with E-state index in [1.54, 1.807) is 17.4 Å². The standard InChI is InChI=1S/C17H19NO3S/c1-21-12-14(19)11-18-17(20)10-8-15-7-9-16(22-15)13-5-3-2-4-6-13/h2-10,14,19H,11-12H2,1H3,(H,18,20)/b10-8+. The molecule has 4 nitrogen and oxygen atoms in total. The summed E-state index contributed by atoms with van der Waals surface area (Å²) < 4.78 is 4.79.